The Kier molecular flexibility index (Phi) is 5.96. The summed E-state index contributed by atoms with van der Waals surface area (Å²) in [5.74, 6) is -0.276. The van der Waals surface area contributed by atoms with Crippen molar-refractivity contribution < 1.29 is 19.0 Å². The second-order valence-electron chi connectivity index (χ2n) is 6.19. The first kappa shape index (κ1) is 17.7. The Morgan fingerprint density at radius 2 is 2.26 bits per heavy atom. The van der Waals surface area contributed by atoms with Crippen molar-refractivity contribution in [2.24, 2.45) is 0 Å². The lowest BCUT2D eigenvalue weighted by atomic mass is 10.1. The quantitative estimate of drug-likeness (QED) is 0.894. The van der Waals surface area contributed by atoms with Crippen molar-refractivity contribution in [1.29, 1.82) is 0 Å². The van der Waals surface area contributed by atoms with Crippen LogP contribution in [-0.2, 0) is 4.74 Å². The average Bonchev–Trinajstić information content (AvgIpc) is 2.49. The Morgan fingerprint density at radius 1 is 1.52 bits per heavy atom. The van der Waals surface area contributed by atoms with Crippen LogP contribution < -0.4 is 5.32 Å². The molecule has 1 aliphatic rings. The van der Waals surface area contributed by atoms with Gasteiger partial charge in [-0.15, -0.1) is 0 Å². The summed E-state index contributed by atoms with van der Waals surface area (Å²) in [6.45, 7) is 6.62. The highest BCUT2D eigenvalue weighted by atomic mass is 19.1. The van der Waals surface area contributed by atoms with Gasteiger partial charge in [0.2, 0.25) is 0 Å². The van der Waals surface area contributed by atoms with E-state index in [0.29, 0.717) is 31.7 Å². The molecule has 0 spiro atoms. The zero-order chi connectivity index (χ0) is 17.0. The van der Waals surface area contributed by atoms with Crippen LogP contribution in [0.4, 0.5) is 9.18 Å². The van der Waals surface area contributed by atoms with Crippen LogP contribution in [0.2, 0.25) is 0 Å². The highest BCUT2D eigenvalue weighted by molar-refractivity contribution is 5.75. The lowest BCUT2D eigenvalue weighted by molar-refractivity contribution is -0.00474. The monoisotopic (exact) mass is 324 g/mol. The number of halogens is 1. The fourth-order valence-electron chi connectivity index (χ4n) is 2.74. The molecular weight excluding hydrogens is 299 g/mol. The Morgan fingerprint density at radius 3 is 2.91 bits per heavy atom. The largest absolute Gasteiger partial charge is 0.393 e. The van der Waals surface area contributed by atoms with E-state index in [1.165, 1.54) is 6.07 Å². The van der Waals surface area contributed by atoms with Crippen molar-refractivity contribution in [3.63, 3.8) is 0 Å². The standard InChI is InChI=1S/C17H25FN2O3/c1-11-4-5-14(9-16(11)18)13(3)19-17(22)20-6-7-23-10-15(20)8-12(2)21/h4-5,9,12-13,15,21H,6-8,10H2,1-3H3,(H,19,22)/t12-,13-,15-/m0/s1. The summed E-state index contributed by atoms with van der Waals surface area (Å²) in [6.07, 6.45) is -0.0263. The van der Waals surface area contributed by atoms with E-state index in [1.54, 1.807) is 24.8 Å². The van der Waals surface area contributed by atoms with Gasteiger partial charge in [-0.3, -0.25) is 0 Å². The maximum atomic E-state index is 13.7. The van der Waals surface area contributed by atoms with Gasteiger partial charge < -0.3 is 20.1 Å². The molecule has 3 atom stereocenters. The van der Waals surface area contributed by atoms with E-state index in [2.05, 4.69) is 5.32 Å². The topological polar surface area (TPSA) is 61.8 Å². The Balaban J connectivity index is 2.02. The van der Waals surface area contributed by atoms with Crippen LogP contribution >= 0.6 is 0 Å². The molecule has 6 heteroatoms. The van der Waals surface area contributed by atoms with Crippen molar-refractivity contribution in [2.75, 3.05) is 19.8 Å². The third-order valence-electron chi connectivity index (χ3n) is 4.14. The van der Waals surface area contributed by atoms with Gasteiger partial charge in [-0.25, -0.2) is 9.18 Å². The van der Waals surface area contributed by atoms with Gasteiger partial charge in [-0.05, 0) is 44.4 Å². The van der Waals surface area contributed by atoms with Gasteiger partial charge in [0.05, 0.1) is 31.4 Å². The Bertz CT molecular complexity index is 551. The predicted octanol–water partition coefficient (Wildman–Crippen LogP) is 2.38. The van der Waals surface area contributed by atoms with E-state index in [4.69, 9.17) is 4.74 Å². The molecule has 0 aliphatic carbocycles. The number of nitrogens with zero attached hydrogens (tertiary/aromatic N) is 1. The zero-order valence-electron chi connectivity index (χ0n) is 13.9. The molecule has 1 aliphatic heterocycles. The van der Waals surface area contributed by atoms with Crippen LogP contribution in [0.5, 0.6) is 0 Å². The van der Waals surface area contributed by atoms with E-state index < -0.39 is 6.10 Å². The minimum absolute atomic E-state index is 0.147. The van der Waals surface area contributed by atoms with Crippen LogP contribution in [-0.4, -0.2) is 47.9 Å². The molecule has 1 saturated heterocycles. The number of hydrogen-bond donors (Lipinski definition) is 2. The van der Waals surface area contributed by atoms with Gasteiger partial charge in [0.25, 0.3) is 0 Å². The molecule has 1 fully saturated rings. The summed E-state index contributed by atoms with van der Waals surface area (Å²) in [5.41, 5.74) is 1.30. The lowest BCUT2D eigenvalue weighted by Crippen LogP contribution is -2.53. The molecule has 2 N–H and O–H groups in total. The average molecular weight is 324 g/mol. The third-order valence-corrected chi connectivity index (χ3v) is 4.14. The van der Waals surface area contributed by atoms with Gasteiger partial charge in [0.15, 0.2) is 0 Å². The number of aliphatic hydroxyl groups excluding tert-OH is 1. The Labute approximate surface area is 136 Å². The molecule has 0 saturated carbocycles. The molecule has 2 amide bonds. The van der Waals surface area contributed by atoms with Crippen LogP contribution in [0.1, 0.15) is 37.4 Å². The number of nitrogens with one attached hydrogen (secondary N) is 1. The molecule has 0 unspecified atom stereocenters. The molecule has 0 aromatic heterocycles. The number of urea groups is 1. The molecule has 1 aromatic carbocycles. The number of carbonyl (C=O) groups excluding carboxylic acids is 1. The number of amides is 2. The fraction of sp³-hybridized carbons (Fsp3) is 0.588. The summed E-state index contributed by atoms with van der Waals surface area (Å²) in [4.78, 5) is 14.2. The van der Waals surface area contributed by atoms with Gasteiger partial charge >= 0.3 is 6.03 Å². The fourth-order valence-corrected chi connectivity index (χ4v) is 2.74. The van der Waals surface area contributed by atoms with E-state index in [0.717, 1.165) is 5.56 Å². The van der Waals surface area contributed by atoms with Crippen molar-refractivity contribution in [1.82, 2.24) is 10.2 Å². The van der Waals surface area contributed by atoms with Gasteiger partial charge in [-0.1, -0.05) is 12.1 Å². The van der Waals surface area contributed by atoms with Crippen molar-refractivity contribution >= 4 is 6.03 Å². The SMILES string of the molecule is Cc1ccc([C@H](C)NC(=O)N2CCOC[C@@H]2C[C@H](C)O)cc1F. The number of carbonyl (C=O) groups is 1. The van der Waals surface area contributed by atoms with Crippen molar-refractivity contribution in [2.45, 2.75) is 45.4 Å². The first-order valence-electron chi connectivity index (χ1n) is 7.97. The van der Waals surface area contributed by atoms with E-state index in [-0.39, 0.29) is 23.9 Å². The van der Waals surface area contributed by atoms with Gasteiger partial charge in [-0.2, -0.15) is 0 Å². The highest BCUT2D eigenvalue weighted by Gasteiger charge is 2.29. The van der Waals surface area contributed by atoms with Crippen LogP contribution in [0.15, 0.2) is 18.2 Å². The normalized spacial score (nSPS) is 20.9. The third kappa shape index (κ3) is 4.65. The molecule has 1 aromatic rings. The van der Waals surface area contributed by atoms with Crippen LogP contribution in [0, 0.1) is 12.7 Å². The van der Waals surface area contributed by atoms with Crippen molar-refractivity contribution in [3.05, 3.63) is 35.1 Å². The summed E-state index contributed by atoms with van der Waals surface area (Å²) in [7, 11) is 0. The summed E-state index contributed by atoms with van der Waals surface area (Å²) >= 11 is 0. The molecule has 1 heterocycles. The zero-order valence-corrected chi connectivity index (χ0v) is 13.9. The van der Waals surface area contributed by atoms with Crippen LogP contribution in [0.3, 0.4) is 0 Å². The molecule has 0 bridgehead atoms. The van der Waals surface area contributed by atoms with E-state index >= 15 is 0 Å². The Hall–Kier alpha value is -1.66. The highest BCUT2D eigenvalue weighted by Crippen LogP contribution is 2.18. The maximum Gasteiger partial charge on any atom is 0.318 e. The molecule has 2 rings (SSSR count). The van der Waals surface area contributed by atoms with Crippen molar-refractivity contribution in [3.8, 4) is 0 Å². The molecule has 0 radical (unpaired) electrons. The first-order valence-corrected chi connectivity index (χ1v) is 7.97. The number of morpholine rings is 1. The second-order valence-corrected chi connectivity index (χ2v) is 6.19. The number of hydrogen-bond acceptors (Lipinski definition) is 3. The number of rotatable bonds is 4. The number of ether oxygens (including phenoxy) is 1. The number of aryl methyl sites for hydroxylation is 1. The summed E-state index contributed by atoms with van der Waals surface area (Å²) in [6, 6.07) is 4.31. The number of aliphatic hydroxyl groups is 1. The molecular formula is C17H25FN2O3. The second kappa shape index (κ2) is 7.75. The van der Waals surface area contributed by atoms with Gasteiger partial charge in [0, 0.05) is 6.54 Å². The summed E-state index contributed by atoms with van der Waals surface area (Å²) in [5, 5.41) is 12.5. The van der Waals surface area contributed by atoms with Crippen LogP contribution in [0.25, 0.3) is 0 Å². The van der Waals surface area contributed by atoms with Gasteiger partial charge in [0.1, 0.15) is 5.82 Å². The van der Waals surface area contributed by atoms with E-state index in [9.17, 15) is 14.3 Å². The first-order chi connectivity index (χ1) is 10.9. The lowest BCUT2D eigenvalue weighted by Gasteiger charge is -2.37. The molecule has 128 valence electrons. The summed E-state index contributed by atoms with van der Waals surface area (Å²) < 4.78 is 19.1. The number of benzene rings is 1. The molecule has 5 nitrogen and oxygen atoms in total. The smallest absolute Gasteiger partial charge is 0.318 e. The maximum absolute atomic E-state index is 13.7. The predicted molar refractivity (Wildman–Crippen MR) is 85.7 cm³/mol. The van der Waals surface area contributed by atoms with E-state index in [1.807, 2.05) is 13.0 Å². The molecule has 23 heavy (non-hydrogen) atoms. The minimum Gasteiger partial charge on any atom is -0.393 e. The minimum atomic E-state index is -0.499.